The Kier molecular flexibility index (Phi) is 4.33. The lowest BCUT2D eigenvalue weighted by molar-refractivity contribution is 0.623. The lowest BCUT2D eigenvalue weighted by atomic mass is 10.2. The summed E-state index contributed by atoms with van der Waals surface area (Å²) >= 11 is 6.28. The van der Waals surface area contributed by atoms with E-state index in [0.29, 0.717) is 6.54 Å². The second kappa shape index (κ2) is 5.98. The van der Waals surface area contributed by atoms with E-state index in [0.717, 1.165) is 29.4 Å². The molecular formula is C13H17ClN4. The van der Waals surface area contributed by atoms with Crippen molar-refractivity contribution in [2.45, 2.75) is 26.4 Å². The first-order valence-electron chi connectivity index (χ1n) is 6.02. The van der Waals surface area contributed by atoms with Crippen LogP contribution in [-0.2, 0) is 26.6 Å². The highest BCUT2D eigenvalue weighted by Crippen LogP contribution is 2.20. The highest BCUT2D eigenvalue weighted by molar-refractivity contribution is 6.31. The number of hydrogen-bond donors (Lipinski definition) is 1. The van der Waals surface area contributed by atoms with Crippen LogP contribution in [0.4, 0.5) is 0 Å². The van der Waals surface area contributed by atoms with Gasteiger partial charge in [-0.25, -0.2) is 0 Å². The Morgan fingerprint density at radius 2 is 2.00 bits per heavy atom. The van der Waals surface area contributed by atoms with E-state index in [2.05, 4.69) is 22.3 Å². The topological polar surface area (TPSA) is 42.7 Å². The zero-order valence-corrected chi connectivity index (χ0v) is 11.4. The fourth-order valence-corrected chi connectivity index (χ4v) is 2.20. The van der Waals surface area contributed by atoms with E-state index >= 15 is 0 Å². The summed E-state index contributed by atoms with van der Waals surface area (Å²) in [5.74, 6) is 0. The number of aromatic nitrogens is 3. The van der Waals surface area contributed by atoms with Gasteiger partial charge < -0.3 is 5.32 Å². The maximum atomic E-state index is 6.28. The van der Waals surface area contributed by atoms with Crippen LogP contribution in [0.1, 0.15) is 23.9 Å². The number of rotatable bonds is 5. The van der Waals surface area contributed by atoms with Crippen molar-refractivity contribution in [3.05, 3.63) is 46.5 Å². The van der Waals surface area contributed by atoms with Gasteiger partial charge in [-0.1, -0.05) is 18.5 Å². The molecule has 0 radical (unpaired) electrons. The van der Waals surface area contributed by atoms with E-state index in [9.17, 15) is 0 Å². The highest BCUT2D eigenvalue weighted by Gasteiger charge is 2.11. The maximum Gasteiger partial charge on any atom is 0.0863 e. The monoisotopic (exact) mass is 264 g/mol. The normalized spacial score (nSPS) is 10.8. The first kappa shape index (κ1) is 13.1. The first-order chi connectivity index (χ1) is 8.72. The van der Waals surface area contributed by atoms with Crippen LogP contribution in [0.15, 0.2) is 24.5 Å². The summed E-state index contributed by atoms with van der Waals surface area (Å²) in [4.78, 5) is 3.99. The molecular weight excluding hydrogens is 248 g/mol. The number of aryl methyl sites for hydroxylation is 2. The van der Waals surface area contributed by atoms with Gasteiger partial charge in [0.1, 0.15) is 0 Å². The summed E-state index contributed by atoms with van der Waals surface area (Å²) < 4.78 is 1.85. The molecule has 0 atom stereocenters. The zero-order valence-electron chi connectivity index (χ0n) is 10.7. The third-order valence-electron chi connectivity index (χ3n) is 2.87. The second-order valence-electron chi connectivity index (χ2n) is 4.14. The molecule has 2 aromatic heterocycles. The minimum atomic E-state index is 0.713. The molecule has 0 aliphatic rings. The molecule has 0 aromatic carbocycles. The molecule has 0 unspecified atom stereocenters. The average Bonchev–Trinajstić information content (AvgIpc) is 2.67. The van der Waals surface area contributed by atoms with Crippen LogP contribution in [0.2, 0.25) is 5.02 Å². The van der Waals surface area contributed by atoms with Crippen molar-refractivity contribution in [1.29, 1.82) is 0 Å². The summed E-state index contributed by atoms with van der Waals surface area (Å²) in [6.07, 6.45) is 4.45. The Morgan fingerprint density at radius 1 is 1.28 bits per heavy atom. The van der Waals surface area contributed by atoms with Crippen LogP contribution < -0.4 is 5.32 Å². The van der Waals surface area contributed by atoms with E-state index in [1.165, 1.54) is 5.56 Å². The van der Waals surface area contributed by atoms with Gasteiger partial charge in [0, 0.05) is 32.5 Å². The predicted molar refractivity (Wildman–Crippen MR) is 72.4 cm³/mol. The number of nitrogens with zero attached hydrogens (tertiary/aromatic N) is 3. The van der Waals surface area contributed by atoms with E-state index in [-0.39, 0.29) is 0 Å². The molecule has 0 spiro atoms. The predicted octanol–water partition coefficient (Wildman–Crippen LogP) is 2.32. The average molecular weight is 265 g/mol. The van der Waals surface area contributed by atoms with Gasteiger partial charge in [0.05, 0.1) is 16.4 Å². The van der Waals surface area contributed by atoms with Gasteiger partial charge >= 0.3 is 0 Å². The summed E-state index contributed by atoms with van der Waals surface area (Å²) in [5, 5.41) is 8.53. The molecule has 1 N–H and O–H groups in total. The molecule has 0 aliphatic heterocycles. The van der Waals surface area contributed by atoms with Gasteiger partial charge in [-0.2, -0.15) is 5.10 Å². The molecule has 2 aromatic rings. The Hall–Kier alpha value is -1.39. The smallest absolute Gasteiger partial charge is 0.0863 e. The second-order valence-corrected chi connectivity index (χ2v) is 4.52. The molecule has 96 valence electrons. The van der Waals surface area contributed by atoms with Gasteiger partial charge in [0.2, 0.25) is 0 Å². The van der Waals surface area contributed by atoms with Crippen molar-refractivity contribution in [3.63, 3.8) is 0 Å². The van der Waals surface area contributed by atoms with Crippen LogP contribution in [0.3, 0.4) is 0 Å². The Balaban J connectivity index is 1.96. The fourth-order valence-electron chi connectivity index (χ4n) is 1.84. The molecule has 0 aliphatic carbocycles. The Morgan fingerprint density at radius 3 is 2.61 bits per heavy atom. The SMILES string of the molecule is CCc1nn(C)c(CNCc2ccncc2)c1Cl. The zero-order chi connectivity index (χ0) is 13.0. The van der Waals surface area contributed by atoms with Gasteiger partial charge in [-0.05, 0) is 24.1 Å². The van der Waals surface area contributed by atoms with Crippen LogP contribution in [0.25, 0.3) is 0 Å². The fraction of sp³-hybridized carbons (Fsp3) is 0.385. The quantitative estimate of drug-likeness (QED) is 0.901. The summed E-state index contributed by atoms with van der Waals surface area (Å²) in [6, 6.07) is 3.99. The van der Waals surface area contributed by atoms with Crippen molar-refractivity contribution in [1.82, 2.24) is 20.1 Å². The summed E-state index contributed by atoms with van der Waals surface area (Å²) in [5.41, 5.74) is 3.20. The molecule has 4 nitrogen and oxygen atoms in total. The Bertz CT molecular complexity index is 507. The van der Waals surface area contributed by atoms with E-state index in [4.69, 9.17) is 11.6 Å². The summed E-state index contributed by atoms with van der Waals surface area (Å²) in [6.45, 7) is 3.57. The number of nitrogens with one attached hydrogen (secondary N) is 1. The number of hydrogen-bond acceptors (Lipinski definition) is 3. The molecule has 0 saturated carbocycles. The van der Waals surface area contributed by atoms with Crippen LogP contribution in [-0.4, -0.2) is 14.8 Å². The molecule has 0 fully saturated rings. The molecule has 5 heteroatoms. The standard InChI is InChI=1S/C13H17ClN4/c1-3-11-13(14)12(18(2)17-11)9-16-8-10-4-6-15-7-5-10/h4-7,16H,3,8-9H2,1-2H3. The van der Waals surface area contributed by atoms with Crippen LogP contribution in [0.5, 0.6) is 0 Å². The molecule has 2 heterocycles. The van der Waals surface area contributed by atoms with Gasteiger partial charge in [-0.3, -0.25) is 9.67 Å². The van der Waals surface area contributed by atoms with Gasteiger partial charge in [0.15, 0.2) is 0 Å². The minimum absolute atomic E-state index is 0.713. The molecule has 2 rings (SSSR count). The molecule has 0 saturated heterocycles. The molecule has 0 amide bonds. The Labute approximate surface area is 112 Å². The van der Waals surface area contributed by atoms with Crippen molar-refractivity contribution in [2.75, 3.05) is 0 Å². The lowest BCUT2D eigenvalue weighted by Crippen LogP contribution is -2.15. The van der Waals surface area contributed by atoms with E-state index < -0.39 is 0 Å². The molecule has 18 heavy (non-hydrogen) atoms. The van der Waals surface area contributed by atoms with Crippen molar-refractivity contribution < 1.29 is 0 Å². The van der Waals surface area contributed by atoms with Crippen LogP contribution >= 0.6 is 11.6 Å². The first-order valence-corrected chi connectivity index (χ1v) is 6.40. The number of halogens is 1. The highest BCUT2D eigenvalue weighted by atomic mass is 35.5. The minimum Gasteiger partial charge on any atom is -0.307 e. The molecule has 0 bridgehead atoms. The van der Waals surface area contributed by atoms with E-state index in [1.54, 1.807) is 12.4 Å². The van der Waals surface area contributed by atoms with Crippen LogP contribution in [0, 0.1) is 0 Å². The van der Waals surface area contributed by atoms with E-state index in [1.807, 2.05) is 23.9 Å². The lowest BCUT2D eigenvalue weighted by Gasteiger charge is -2.05. The maximum absolute atomic E-state index is 6.28. The third kappa shape index (κ3) is 2.89. The van der Waals surface area contributed by atoms with Crippen molar-refractivity contribution in [2.24, 2.45) is 7.05 Å². The summed E-state index contributed by atoms with van der Waals surface area (Å²) in [7, 11) is 1.93. The van der Waals surface area contributed by atoms with Gasteiger partial charge in [-0.15, -0.1) is 0 Å². The third-order valence-corrected chi connectivity index (χ3v) is 3.31. The van der Waals surface area contributed by atoms with Crippen molar-refractivity contribution in [3.8, 4) is 0 Å². The van der Waals surface area contributed by atoms with Gasteiger partial charge in [0.25, 0.3) is 0 Å². The largest absolute Gasteiger partial charge is 0.307 e. The number of pyridine rings is 1. The van der Waals surface area contributed by atoms with Crippen molar-refractivity contribution >= 4 is 11.6 Å².